The van der Waals surface area contributed by atoms with Crippen molar-refractivity contribution in [2.45, 2.75) is 6.92 Å². The zero-order valence-electron chi connectivity index (χ0n) is 11.0. The molecule has 4 nitrogen and oxygen atoms in total. The minimum Gasteiger partial charge on any atom is -0.478 e. The molecule has 0 aliphatic heterocycles. The third kappa shape index (κ3) is 3.46. The van der Waals surface area contributed by atoms with E-state index in [2.05, 4.69) is 21.2 Å². The number of nitrogens with one attached hydrogen (secondary N) is 1. The average Bonchev–Trinajstić information content (AvgIpc) is 2.40. The number of carboxylic acid groups (broad SMARTS) is 1. The maximum Gasteiger partial charge on any atom is 0.337 e. The number of carbonyl (C=O) groups excluding carboxylic acids is 1. The molecule has 0 unspecified atom stereocenters. The summed E-state index contributed by atoms with van der Waals surface area (Å²) in [5, 5.41) is 11.7. The Kier molecular flexibility index (Phi) is 4.37. The number of carboxylic acids is 1. The van der Waals surface area contributed by atoms with Crippen LogP contribution in [0.15, 0.2) is 40.9 Å². The molecule has 0 fully saturated rings. The first kappa shape index (κ1) is 15.2. The first-order valence-electron chi connectivity index (χ1n) is 5.99. The summed E-state index contributed by atoms with van der Waals surface area (Å²) >= 11 is 3.18. The largest absolute Gasteiger partial charge is 0.478 e. The molecule has 21 heavy (non-hydrogen) atoms. The summed E-state index contributed by atoms with van der Waals surface area (Å²) in [5.41, 5.74) is 0.911. The Morgan fingerprint density at radius 2 is 1.86 bits per heavy atom. The lowest BCUT2D eigenvalue weighted by Crippen LogP contribution is -2.16. The molecule has 0 saturated carbocycles. The monoisotopic (exact) mass is 351 g/mol. The summed E-state index contributed by atoms with van der Waals surface area (Å²) in [6.07, 6.45) is 0. The highest BCUT2D eigenvalue weighted by Crippen LogP contribution is 2.22. The number of carbonyl (C=O) groups is 2. The van der Waals surface area contributed by atoms with Gasteiger partial charge in [-0.15, -0.1) is 0 Å². The third-order valence-corrected chi connectivity index (χ3v) is 3.39. The summed E-state index contributed by atoms with van der Waals surface area (Å²) in [7, 11) is 0. The Bertz CT molecular complexity index is 731. The van der Waals surface area contributed by atoms with Crippen LogP contribution in [0.3, 0.4) is 0 Å². The Morgan fingerprint density at radius 3 is 2.48 bits per heavy atom. The van der Waals surface area contributed by atoms with Gasteiger partial charge in [-0.1, -0.05) is 15.9 Å². The normalized spacial score (nSPS) is 10.2. The number of benzene rings is 2. The maximum absolute atomic E-state index is 13.0. The first-order valence-corrected chi connectivity index (χ1v) is 6.78. The minimum atomic E-state index is -1.15. The molecule has 6 heteroatoms. The van der Waals surface area contributed by atoms with Gasteiger partial charge in [-0.2, -0.15) is 0 Å². The number of aromatic carboxylic acids is 1. The zero-order valence-corrected chi connectivity index (χ0v) is 12.6. The molecule has 2 aromatic rings. The van der Waals surface area contributed by atoms with Crippen LogP contribution in [-0.2, 0) is 0 Å². The molecule has 0 saturated heterocycles. The molecular formula is C15H11BrFNO3. The molecule has 0 heterocycles. The number of aryl methyl sites for hydroxylation is 1. The smallest absolute Gasteiger partial charge is 0.337 e. The van der Waals surface area contributed by atoms with E-state index in [0.29, 0.717) is 10.0 Å². The number of rotatable bonds is 3. The van der Waals surface area contributed by atoms with Gasteiger partial charge in [0, 0.05) is 10.0 Å². The van der Waals surface area contributed by atoms with Crippen molar-refractivity contribution in [1.29, 1.82) is 0 Å². The lowest BCUT2D eigenvalue weighted by molar-refractivity contribution is 0.0698. The molecule has 108 valence electrons. The predicted octanol–water partition coefficient (Wildman–Crippen LogP) is 3.85. The molecular weight excluding hydrogens is 341 g/mol. The first-order chi connectivity index (χ1) is 9.88. The van der Waals surface area contributed by atoms with Crippen molar-refractivity contribution >= 4 is 33.5 Å². The number of halogens is 2. The van der Waals surface area contributed by atoms with E-state index in [1.807, 2.05) is 0 Å². The fourth-order valence-electron chi connectivity index (χ4n) is 1.87. The van der Waals surface area contributed by atoms with Gasteiger partial charge in [-0.3, -0.25) is 4.79 Å². The highest BCUT2D eigenvalue weighted by molar-refractivity contribution is 9.10. The molecule has 0 aliphatic rings. The molecule has 0 aromatic heterocycles. The SMILES string of the molecule is Cc1cc(F)ccc1C(=O)Nc1ccc(Br)cc1C(=O)O. The fourth-order valence-corrected chi connectivity index (χ4v) is 2.23. The van der Waals surface area contributed by atoms with Crippen molar-refractivity contribution in [3.8, 4) is 0 Å². The minimum absolute atomic E-state index is 0.0301. The number of hydrogen-bond acceptors (Lipinski definition) is 2. The van der Waals surface area contributed by atoms with Gasteiger partial charge in [0.15, 0.2) is 0 Å². The van der Waals surface area contributed by atoms with Crippen LogP contribution >= 0.6 is 15.9 Å². The van der Waals surface area contributed by atoms with E-state index in [-0.39, 0.29) is 16.8 Å². The van der Waals surface area contributed by atoms with Gasteiger partial charge < -0.3 is 10.4 Å². The van der Waals surface area contributed by atoms with Gasteiger partial charge >= 0.3 is 5.97 Å². The summed E-state index contributed by atoms with van der Waals surface area (Å²) in [4.78, 5) is 23.3. The van der Waals surface area contributed by atoms with Gasteiger partial charge in [0.2, 0.25) is 0 Å². The molecule has 1 amide bonds. The average molecular weight is 352 g/mol. The van der Waals surface area contributed by atoms with Crippen LogP contribution in [0.4, 0.5) is 10.1 Å². The maximum atomic E-state index is 13.0. The Labute approximate surface area is 128 Å². The highest BCUT2D eigenvalue weighted by atomic mass is 79.9. The Hall–Kier alpha value is -2.21. The van der Waals surface area contributed by atoms with Crippen molar-refractivity contribution in [2.24, 2.45) is 0 Å². The van der Waals surface area contributed by atoms with Crippen LogP contribution in [-0.4, -0.2) is 17.0 Å². The number of hydrogen-bond donors (Lipinski definition) is 2. The fraction of sp³-hybridized carbons (Fsp3) is 0.0667. The van der Waals surface area contributed by atoms with E-state index in [0.717, 1.165) is 0 Å². The third-order valence-electron chi connectivity index (χ3n) is 2.89. The van der Waals surface area contributed by atoms with Crippen LogP contribution in [0.25, 0.3) is 0 Å². The Balaban J connectivity index is 2.34. The van der Waals surface area contributed by atoms with Crippen LogP contribution in [0, 0.1) is 12.7 Å². The predicted molar refractivity (Wildman–Crippen MR) is 80.2 cm³/mol. The van der Waals surface area contributed by atoms with Crippen LogP contribution in [0.2, 0.25) is 0 Å². The van der Waals surface area contributed by atoms with E-state index < -0.39 is 17.7 Å². The van der Waals surface area contributed by atoms with E-state index in [1.54, 1.807) is 13.0 Å². The van der Waals surface area contributed by atoms with Crippen molar-refractivity contribution < 1.29 is 19.1 Å². The van der Waals surface area contributed by atoms with E-state index >= 15 is 0 Å². The topological polar surface area (TPSA) is 66.4 Å². The van der Waals surface area contributed by atoms with Crippen molar-refractivity contribution in [3.63, 3.8) is 0 Å². The van der Waals surface area contributed by atoms with Gasteiger partial charge in [0.1, 0.15) is 5.82 Å². The van der Waals surface area contributed by atoms with Gasteiger partial charge in [-0.05, 0) is 48.9 Å². The van der Waals surface area contributed by atoms with Crippen LogP contribution in [0.1, 0.15) is 26.3 Å². The van der Waals surface area contributed by atoms with Crippen molar-refractivity contribution in [3.05, 3.63) is 63.4 Å². The summed E-state index contributed by atoms with van der Waals surface area (Å²) in [6, 6.07) is 8.30. The van der Waals surface area contributed by atoms with Gasteiger partial charge in [-0.25, -0.2) is 9.18 Å². The zero-order chi connectivity index (χ0) is 15.6. The molecule has 0 atom stereocenters. The molecule has 0 spiro atoms. The summed E-state index contributed by atoms with van der Waals surface area (Å²) in [6.45, 7) is 1.61. The quantitative estimate of drug-likeness (QED) is 0.882. The molecule has 2 N–H and O–H groups in total. The lowest BCUT2D eigenvalue weighted by atomic mass is 10.1. The second-order valence-corrected chi connectivity index (χ2v) is 5.32. The molecule has 0 bridgehead atoms. The van der Waals surface area contributed by atoms with E-state index in [1.165, 1.54) is 30.3 Å². The Morgan fingerprint density at radius 1 is 1.14 bits per heavy atom. The summed E-state index contributed by atoms with van der Waals surface area (Å²) < 4.78 is 13.6. The molecule has 0 aliphatic carbocycles. The van der Waals surface area contributed by atoms with Gasteiger partial charge in [0.25, 0.3) is 5.91 Å². The van der Waals surface area contributed by atoms with Crippen molar-refractivity contribution in [2.75, 3.05) is 5.32 Å². The lowest BCUT2D eigenvalue weighted by Gasteiger charge is -2.10. The molecule has 2 aromatic carbocycles. The molecule has 0 radical (unpaired) electrons. The number of amides is 1. The standard InChI is InChI=1S/C15H11BrFNO3/c1-8-6-10(17)3-4-11(8)14(19)18-13-5-2-9(16)7-12(13)15(20)21/h2-7H,1H3,(H,18,19)(H,20,21). The summed E-state index contributed by atoms with van der Waals surface area (Å²) in [5.74, 6) is -2.07. The van der Waals surface area contributed by atoms with E-state index in [4.69, 9.17) is 5.11 Å². The van der Waals surface area contributed by atoms with E-state index in [9.17, 15) is 14.0 Å². The second-order valence-electron chi connectivity index (χ2n) is 4.41. The van der Waals surface area contributed by atoms with Crippen molar-refractivity contribution in [1.82, 2.24) is 0 Å². The van der Waals surface area contributed by atoms with Crippen LogP contribution < -0.4 is 5.32 Å². The highest BCUT2D eigenvalue weighted by Gasteiger charge is 2.15. The van der Waals surface area contributed by atoms with Gasteiger partial charge in [0.05, 0.1) is 11.3 Å². The number of anilines is 1. The van der Waals surface area contributed by atoms with Crippen LogP contribution in [0.5, 0.6) is 0 Å². The second kappa shape index (κ2) is 6.05. The molecule has 2 rings (SSSR count).